The molecule has 8 nitrogen and oxygen atoms in total. The number of hydrazone groups is 1. The maximum atomic E-state index is 12.4. The predicted molar refractivity (Wildman–Crippen MR) is 131 cm³/mol. The van der Waals surface area contributed by atoms with Crippen molar-refractivity contribution in [2.24, 2.45) is 5.10 Å². The zero-order valence-electron chi connectivity index (χ0n) is 18.8. The van der Waals surface area contributed by atoms with Crippen LogP contribution < -0.4 is 20.2 Å². The van der Waals surface area contributed by atoms with Gasteiger partial charge in [-0.15, -0.1) is 0 Å². The van der Waals surface area contributed by atoms with E-state index in [1.54, 1.807) is 24.4 Å². The monoisotopic (exact) mass is 456 g/mol. The summed E-state index contributed by atoms with van der Waals surface area (Å²) in [5.74, 6) is 0.0738. The molecule has 0 aliphatic carbocycles. The number of para-hydroxylation sites is 1. The third-order valence-electron chi connectivity index (χ3n) is 5.25. The van der Waals surface area contributed by atoms with Crippen molar-refractivity contribution in [1.29, 1.82) is 0 Å². The summed E-state index contributed by atoms with van der Waals surface area (Å²) in [6, 6.07) is 22.5. The van der Waals surface area contributed by atoms with E-state index in [9.17, 15) is 9.59 Å². The van der Waals surface area contributed by atoms with Gasteiger partial charge in [-0.05, 0) is 29.8 Å². The number of carbonyl (C=O) groups excluding carboxylic acids is 2. The summed E-state index contributed by atoms with van der Waals surface area (Å²) < 4.78 is 10.4. The zero-order chi connectivity index (χ0) is 23.9. The summed E-state index contributed by atoms with van der Waals surface area (Å²) in [5.41, 5.74) is 6.56. The van der Waals surface area contributed by atoms with Gasteiger partial charge in [-0.25, -0.2) is 5.43 Å². The van der Waals surface area contributed by atoms with Crippen molar-refractivity contribution in [3.05, 3.63) is 83.9 Å². The van der Waals surface area contributed by atoms with Crippen LogP contribution in [0.15, 0.2) is 77.9 Å². The topological polar surface area (TPSA) is 105 Å². The number of rotatable bonds is 8. The summed E-state index contributed by atoms with van der Waals surface area (Å²) in [4.78, 5) is 28.1. The van der Waals surface area contributed by atoms with Crippen LogP contribution in [0.5, 0.6) is 11.5 Å². The molecule has 0 fully saturated rings. The quantitative estimate of drug-likeness (QED) is 0.278. The van der Waals surface area contributed by atoms with Gasteiger partial charge in [0.25, 0.3) is 11.8 Å². The van der Waals surface area contributed by atoms with Crippen LogP contribution in [0, 0.1) is 0 Å². The fourth-order valence-electron chi connectivity index (χ4n) is 3.58. The van der Waals surface area contributed by atoms with E-state index >= 15 is 0 Å². The Morgan fingerprint density at radius 1 is 0.941 bits per heavy atom. The Morgan fingerprint density at radius 2 is 1.68 bits per heavy atom. The van der Waals surface area contributed by atoms with Gasteiger partial charge in [0.1, 0.15) is 0 Å². The second kappa shape index (κ2) is 10.4. The fourth-order valence-corrected chi connectivity index (χ4v) is 3.58. The minimum Gasteiger partial charge on any atom is -0.493 e. The molecule has 0 spiro atoms. The molecule has 3 aromatic carbocycles. The van der Waals surface area contributed by atoms with Gasteiger partial charge in [-0.3, -0.25) is 9.59 Å². The molecule has 2 amide bonds. The molecule has 4 rings (SSSR count). The average molecular weight is 457 g/mol. The van der Waals surface area contributed by atoms with E-state index in [1.807, 2.05) is 54.6 Å². The Labute approximate surface area is 196 Å². The van der Waals surface area contributed by atoms with Gasteiger partial charge in [-0.1, -0.05) is 48.5 Å². The molecule has 34 heavy (non-hydrogen) atoms. The number of fused-ring (bicyclic) bond motifs is 1. The summed E-state index contributed by atoms with van der Waals surface area (Å²) >= 11 is 0. The van der Waals surface area contributed by atoms with Gasteiger partial charge in [0.05, 0.1) is 32.7 Å². The number of H-pyrrole nitrogens is 1. The molecule has 1 aromatic heterocycles. The van der Waals surface area contributed by atoms with Crippen LogP contribution in [-0.2, 0) is 4.79 Å². The van der Waals surface area contributed by atoms with Crippen LogP contribution >= 0.6 is 0 Å². The first kappa shape index (κ1) is 22.6. The van der Waals surface area contributed by atoms with Gasteiger partial charge in [0, 0.05) is 22.0 Å². The van der Waals surface area contributed by atoms with Crippen molar-refractivity contribution in [1.82, 2.24) is 15.7 Å². The summed E-state index contributed by atoms with van der Waals surface area (Å²) in [6.07, 6.45) is 1.61. The Bertz CT molecular complexity index is 1350. The van der Waals surface area contributed by atoms with Crippen LogP contribution in [0.2, 0.25) is 0 Å². The molecule has 0 saturated heterocycles. The number of aromatic nitrogens is 1. The van der Waals surface area contributed by atoms with Crippen LogP contribution in [-0.4, -0.2) is 43.8 Å². The molecule has 0 atom stereocenters. The number of hydrogen-bond acceptors (Lipinski definition) is 5. The Hall–Kier alpha value is -4.59. The second-order valence-electron chi connectivity index (χ2n) is 7.37. The van der Waals surface area contributed by atoms with Crippen molar-refractivity contribution in [2.75, 3.05) is 20.8 Å². The van der Waals surface area contributed by atoms with Gasteiger partial charge in [0.15, 0.2) is 11.5 Å². The van der Waals surface area contributed by atoms with Gasteiger partial charge in [0.2, 0.25) is 0 Å². The second-order valence-corrected chi connectivity index (χ2v) is 7.37. The minimum atomic E-state index is -0.453. The van der Waals surface area contributed by atoms with E-state index in [0.29, 0.717) is 17.1 Å². The number of amides is 2. The number of ether oxygens (including phenoxy) is 2. The highest BCUT2D eigenvalue weighted by Gasteiger charge is 2.13. The number of methoxy groups -OCH3 is 2. The molecule has 1 heterocycles. The molecule has 0 aliphatic rings. The standard InChI is InChI=1S/C26H24N4O4/c1-33-22-13-12-18(14-23(22)34-2)26(32)27-16-24(31)30-28-15-20-19-10-6-7-11-21(19)29-25(20)17-8-4-3-5-9-17/h3-15,29H,16H2,1-2H3,(H,27,32)(H,30,31). The van der Waals surface area contributed by atoms with Gasteiger partial charge >= 0.3 is 0 Å². The molecule has 4 aromatic rings. The Balaban J connectivity index is 1.42. The van der Waals surface area contributed by atoms with Gasteiger partial charge in [-0.2, -0.15) is 5.10 Å². The number of hydrogen-bond donors (Lipinski definition) is 3. The molecular formula is C26H24N4O4. The summed E-state index contributed by atoms with van der Waals surface area (Å²) in [7, 11) is 3.00. The molecule has 0 saturated carbocycles. The molecule has 0 radical (unpaired) electrons. The van der Waals surface area contributed by atoms with Crippen LogP contribution in [0.3, 0.4) is 0 Å². The number of nitrogens with zero attached hydrogens (tertiary/aromatic N) is 1. The SMILES string of the molecule is COc1ccc(C(=O)NCC(=O)NN=Cc2c(-c3ccccc3)[nH]c3ccccc23)cc1OC. The highest BCUT2D eigenvalue weighted by Crippen LogP contribution is 2.29. The summed E-state index contributed by atoms with van der Waals surface area (Å²) in [6.45, 7) is -0.232. The van der Waals surface area contributed by atoms with Crippen molar-refractivity contribution >= 4 is 28.9 Å². The maximum absolute atomic E-state index is 12.4. The van der Waals surface area contributed by atoms with Crippen molar-refractivity contribution in [3.63, 3.8) is 0 Å². The smallest absolute Gasteiger partial charge is 0.259 e. The van der Waals surface area contributed by atoms with E-state index in [2.05, 4.69) is 20.8 Å². The highest BCUT2D eigenvalue weighted by atomic mass is 16.5. The lowest BCUT2D eigenvalue weighted by atomic mass is 10.1. The number of carbonyl (C=O) groups is 2. The molecular weight excluding hydrogens is 432 g/mol. The average Bonchev–Trinajstić information content (AvgIpc) is 3.26. The van der Waals surface area contributed by atoms with Crippen LogP contribution in [0.25, 0.3) is 22.2 Å². The maximum Gasteiger partial charge on any atom is 0.259 e. The van der Waals surface area contributed by atoms with Crippen molar-refractivity contribution < 1.29 is 19.1 Å². The first-order chi connectivity index (χ1) is 16.6. The van der Waals surface area contributed by atoms with Crippen LogP contribution in [0.4, 0.5) is 0 Å². The Kier molecular flexibility index (Phi) is 6.88. The molecule has 0 aliphatic heterocycles. The molecule has 3 N–H and O–H groups in total. The molecule has 0 bridgehead atoms. The minimum absolute atomic E-state index is 0.232. The van der Waals surface area contributed by atoms with E-state index in [4.69, 9.17) is 9.47 Å². The number of aromatic amines is 1. The van der Waals surface area contributed by atoms with Crippen molar-refractivity contribution in [2.45, 2.75) is 0 Å². The van der Waals surface area contributed by atoms with E-state index < -0.39 is 11.8 Å². The number of nitrogens with one attached hydrogen (secondary N) is 3. The predicted octanol–water partition coefficient (Wildman–Crippen LogP) is 3.73. The molecule has 0 unspecified atom stereocenters. The van der Waals surface area contributed by atoms with E-state index in [0.717, 1.165) is 27.7 Å². The zero-order valence-corrected chi connectivity index (χ0v) is 18.8. The Morgan fingerprint density at radius 3 is 2.44 bits per heavy atom. The van der Waals surface area contributed by atoms with Crippen LogP contribution in [0.1, 0.15) is 15.9 Å². The third-order valence-corrected chi connectivity index (χ3v) is 5.25. The van der Waals surface area contributed by atoms with Gasteiger partial charge < -0.3 is 19.8 Å². The van der Waals surface area contributed by atoms with Crippen molar-refractivity contribution in [3.8, 4) is 22.8 Å². The number of benzene rings is 3. The third kappa shape index (κ3) is 4.91. The largest absolute Gasteiger partial charge is 0.493 e. The van der Waals surface area contributed by atoms with E-state index in [-0.39, 0.29) is 6.54 Å². The molecule has 172 valence electrons. The summed E-state index contributed by atoms with van der Waals surface area (Å²) in [5, 5.41) is 7.68. The lowest BCUT2D eigenvalue weighted by molar-refractivity contribution is -0.120. The first-order valence-electron chi connectivity index (χ1n) is 10.6. The lowest BCUT2D eigenvalue weighted by Gasteiger charge is -2.09. The fraction of sp³-hybridized carbons (Fsp3) is 0.115. The normalized spacial score (nSPS) is 10.9. The first-order valence-corrected chi connectivity index (χ1v) is 10.6. The highest BCUT2D eigenvalue weighted by molar-refractivity contribution is 6.06. The molecule has 8 heteroatoms. The van der Waals surface area contributed by atoms with E-state index in [1.165, 1.54) is 14.2 Å². The lowest BCUT2D eigenvalue weighted by Crippen LogP contribution is -2.34.